The van der Waals surface area contributed by atoms with Crippen molar-refractivity contribution in [2.75, 3.05) is 19.3 Å². The second-order valence-corrected chi connectivity index (χ2v) is 12.0. The van der Waals surface area contributed by atoms with Gasteiger partial charge in [0.05, 0.1) is 10.1 Å². The molecule has 1 aliphatic heterocycles. The third-order valence-electron chi connectivity index (χ3n) is 4.96. The lowest BCUT2D eigenvalue weighted by atomic mass is 10.0. The quantitative estimate of drug-likeness (QED) is 0.710. The maximum Gasteiger partial charge on any atom is 0.241 e. The molecule has 1 aliphatic rings. The van der Waals surface area contributed by atoms with Crippen LogP contribution in [0.15, 0.2) is 29.2 Å². The number of aryl methyl sites for hydroxylation is 1. The minimum absolute atomic E-state index is 0.114. The van der Waals surface area contributed by atoms with Crippen molar-refractivity contribution in [1.29, 1.82) is 0 Å². The van der Waals surface area contributed by atoms with E-state index in [1.165, 1.54) is 12.3 Å². The summed E-state index contributed by atoms with van der Waals surface area (Å²) in [5, 5.41) is -0.441. The van der Waals surface area contributed by atoms with Crippen LogP contribution in [-0.4, -0.2) is 58.3 Å². The highest BCUT2D eigenvalue weighted by atomic mass is 32.2. The van der Waals surface area contributed by atoms with Gasteiger partial charge >= 0.3 is 0 Å². The van der Waals surface area contributed by atoms with Gasteiger partial charge in [0, 0.05) is 19.3 Å². The van der Waals surface area contributed by atoms with Crippen LogP contribution in [0.4, 0.5) is 0 Å². The van der Waals surface area contributed by atoms with E-state index in [1.807, 2.05) is 26.8 Å². The number of carbonyl (C=O) groups excluding carboxylic acids is 1. The summed E-state index contributed by atoms with van der Waals surface area (Å²) in [6.45, 7) is 6.30. The summed E-state index contributed by atoms with van der Waals surface area (Å²) in [6, 6.07) is 5.67. The van der Waals surface area contributed by atoms with E-state index in [-0.39, 0.29) is 16.7 Å². The molecule has 0 radical (unpaired) electrons. The number of carbonyl (C=O) groups is 1. The molecule has 28 heavy (non-hydrogen) atoms. The molecule has 1 amide bonds. The molecular weight excluding hydrogens is 400 g/mol. The summed E-state index contributed by atoms with van der Waals surface area (Å²) in [6.07, 6.45) is 2.34. The van der Waals surface area contributed by atoms with Gasteiger partial charge in [0.25, 0.3) is 0 Å². The number of sulfone groups is 1. The number of hydrogen-bond acceptors (Lipinski definition) is 5. The molecule has 1 fully saturated rings. The molecule has 0 spiro atoms. The molecule has 0 aromatic heterocycles. The zero-order valence-electron chi connectivity index (χ0n) is 16.9. The second-order valence-electron chi connectivity index (χ2n) is 7.97. The van der Waals surface area contributed by atoms with Gasteiger partial charge in [-0.15, -0.1) is 0 Å². The maximum absolute atomic E-state index is 13.0. The van der Waals surface area contributed by atoms with Crippen molar-refractivity contribution < 1.29 is 21.6 Å². The lowest BCUT2D eigenvalue weighted by Gasteiger charge is -2.34. The number of likely N-dealkylation sites (tertiary alicyclic amines) is 1. The number of nitrogens with zero attached hydrogens (tertiary/aromatic N) is 1. The van der Waals surface area contributed by atoms with Crippen LogP contribution in [0.25, 0.3) is 0 Å². The van der Waals surface area contributed by atoms with Crippen molar-refractivity contribution in [3.05, 3.63) is 29.8 Å². The van der Waals surface area contributed by atoms with Crippen LogP contribution >= 0.6 is 0 Å². The lowest BCUT2D eigenvalue weighted by Crippen LogP contribution is -2.52. The Morgan fingerprint density at radius 3 is 2.29 bits per heavy atom. The summed E-state index contributed by atoms with van der Waals surface area (Å²) in [7, 11) is -6.97. The summed E-state index contributed by atoms with van der Waals surface area (Å²) < 4.78 is 51.6. The van der Waals surface area contributed by atoms with E-state index in [0.717, 1.165) is 5.56 Å². The third kappa shape index (κ3) is 6.02. The molecule has 1 atom stereocenters. The zero-order chi connectivity index (χ0) is 21.1. The Morgan fingerprint density at radius 2 is 1.79 bits per heavy atom. The van der Waals surface area contributed by atoms with Gasteiger partial charge in [-0.3, -0.25) is 4.79 Å². The van der Waals surface area contributed by atoms with Gasteiger partial charge in [0.15, 0.2) is 0 Å². The Hall–Kier alpha value is -1.45. The minimum atomic E-state index is -3.84. The number of benzene rings is 1. The van der Waals surface area contributed by atoms with E-state index < -0.39 is 31.2 Å². The molecule has 0 bridgehead atoms. The minimum Gasteiger partial charge on any atom is -0.341 e. The highest BCUT2D eigenvalue weighted by molar-refractivity contribution is 7.91. The molecule has 0 aliphatic carbocycles. The average Bonchev–Trinajstić information content (AvgIpc) is 2.59. The third-order valence-corrected chi connectivity index (χ3v) is 8.11. The first-order chi connectivity index (χ1) is 12.9. The van der Waals surface area contributed by atoms with Crippen molar-refractivity contribution in [3.63, 3.8) is 0 Å². The SMILES string of the molecule is Cc1cccc(S(=O)(=O)NC(CC(C)C)C(=O)N2CCC(S(C)(=O)=O)CC2)c1. The van der Waals surface area contributed by atoms with Crippen molar-refractivity contribution in [3.8, 4) is 0 Å². The predicted octanol–water partition coefficient (Wildman–Crippen LogP) is 1.72. The molecule has 9 heteroatoms. The van der Waals surface area contributed by atoms with Crippen LogP contribution in [0, 0.1) is 12.8 Å². The van der Waals surface area contributed by atoms with E-state index in [4.69, 9.17) is 0 Å². The van der Waals surface area contributed by atoms with Gasteiger partial charge in [0.1, 0.15) is 15.9 Å². The van der Waals surface area contributed by atoms with Crippen LogP contribution < -0.4 is 4.72 Å². The van der Waals surface area contributed by atoms with Crippen molar-refractivity contribution in [1.82, 2.24) is 9.62 Å². The maximum atomic E-state index is 13.0. The topological polar surface area (TPSA) is 101 Å². The van der Waals surface area contributed by atoms with Crippen LogP contribution in [-0.2, 0) is 24.7 Å². The van der Waals surface area contributed by atoms with E-state index >= 15 is 0 Å². The van der Waals surface area contributed by atoms with Gasteiger partial charge < -0.3 is 4.90 Å². The summed E-state index contributed by atoms with van der Waals surface area (Å²) in [4.78, 5) is 14.7. The van der Waals surface area contributed by atoms with Crippen LogP contribution in [0.2, 0.25) is 0 Å². The average molecular weight is 431 g/mol. The van der Waals surface area contributed by atoms with Crippen molar-refractivity contribution in [2.24, 2.45) is 5.92 Å². The number of rotatable bonds is 7. The Bertz CT molecular complexity index is 902. The first-order valence-corrected chi connectivity index (χ1v) is 12.9. The molecule has 7 nitrogen and oxygen atoms in total. The fourth-order valence-corrected chi connectivity index (χ4v) is 5.81. The van der Waals surface area contributed by atoms with E-state index in [0.29, 0.717) is 32.4 Å². The number of hydrogen-bond donors (Lipinski definition) is 1. The van der Waals surface area contributed by atoms with E-state index in [1.54, 1.807) is 17.0 Å². The van der Waals surface area contributed by atoms with Gasteiger partial charge in [-0.1, -0.05) is 26.0 Å². The Balaban J connectivity index is 2.16. The molecule has 0 saturated carbocycles. The fraction of sp³-hybridized carbons (Fsp3) is 0.632. The Labute approximate surface area is 168 Å². The number of amides is 1. The monoisotopic (exact) mass is 430 g/mol. The van der Waals surface area contributed by atoms with Crippen LogP contribution in [0.5, 0.6) is 0 Å². The molecule has 1 unspecified atom stereocenters. The smallest absolute Gasteiger partial charge is 0.241 e. The molecule has 1 N–H and O–H groups in total. The Morgan fingerprint density at radius 1 is 1.18 bits per heavy atom. The van der Waals surface area contributed by atoms with Gasteiger partial charge in [0.2, 0.25) is 15.9 Å². The summed E-state index contributed by atoms with van der Waals surface area (Å²) in [5.74, 6) is -0.181. The van der Waals surface area contributed by atoms with Crippen LogP contribution in [0.3, 0.4) is 0 Å². The molecule has 1 aromatic carbocycles. The number of sulfonamides is 1. The highest BCUT2D eigenvalue weighted by Gasteiger charge is 2.34. The summed E-state index contributed by atoms with van der Waals surface area (Å²) in [5.41, 5.74) is 0.817. The Kier molecular flexibility index (Phi) is 7.27. The first kappa shape index (κ1) is 22.8. The second kappa shape index (κ2) is 8.92. The van der Waals surface area contributed by atoms with Gasteiger partial charge in [-0.2, -0.15) is 4.72 Å². The van der Waals surface area contributed by atoms with E-state index in [2.05, 4.69) is 4.72 Å². The number of piperidine rings is 1. The normalized spacial score (nSPS) is 17.7. The largest absolute Gasteiger partial charge is 0.341 e. The molecule has 2 rings (SSSR count). The highest BCUT2D eigenvalue weighted by Crippen LogP contribution is 2.20. The fourth-order valence-electron chi connectivity index (χ4n) is 3.43. The molecule has 1 heterocycles. The zero-order valence-corrected chi connectivity index (χ0v) is 18.5. The predicted molar refractivity (Wildman–Crippen MR) is 109 cm³/mol. The first-order valence-electron chi connectivity index (χ1n) is 9.47. The molecule has 1 aromatic rings. The lowest BCUT2D eigenvalue weighted by molar-refractivity contribution is -0.134. The molecular formula is C19H30N2O5S2. The standard InChI is InChI=1S/C19H30N2O5S2/c1-14(2)12-18(20-28(25,26)17-7-5-6-15(3)13-17)19(22)21-10-8-16(9-11-21)27(4,23)24/h5-7,13-14,16,18,20H,8-12H2,1-4H3. The van der Waals surface area contributed by atoms with Crippen LogP contribution in [0.1, 0.15) is 38.7 Å². The number of nitrogens with one attached hydrogen (secondary N) is 1. The van der Waals surface area contributed by atoms with Gasteiger partial charge in [-0.25, -0.2) is 16.8 Å². The van der Waals surface area contributed by atoms with Gasteiger partial charge in [-0.05, 0) is 49.8 Å². The molecule has 1 saturated heterocycles. The van der Waals surface area contributed by atoms with Crippen molar-refractivity contribution in [2.45, 2.75) is 56.2 Å². The summed E-state index contributed by atoms with van der Waals surface area (Å²) >= 11 is 0. The van der Waals surface area contributed by atoms with Crippen molar-refractivity contribution >= 4 is 25.8 Å². The van der Waals surface area contributed by atoms with E-state index in [9.17, 15) is 21.6 Å². The molecule has 158 valence electrons.